The first-order chi connectivity index (χ1) is 22.3. The summed E-state index contributed by atoms with van der Waals surface area (Å²) in [6, 6.07) is 14.6. The molecule has 2 aliphatic heterocycles. The molecule has 2 saturated heterocycles. The molecule has 0 spiro atoms. The highest BCUT2D eigenvalue weighted by molar-refractivity contribution is 7.99. The number of hydrogen-bond donors (Lipinski definition) is 1. The number of piperidine rings is 1. The summed E-state index contributed by atoms with van der Waals surface area (Å²) in [6.45, 7) is 17.0. The van der Waals surface area contributed by atoms with Gasteiger partial charge >= 0.3 is 5.97 Å². The van der Waals surface area contributed by atoms with Gasteiger partial charge in [-0.25, -0.2) is 9.18 Å². The number of aromatic nitrogens is 1. The van der Waals surface area contributed by atoms with Crippen molar-refractivity contribution in [2.75, 3.05) is 49.2 Å². The van der Waals surface area contributed by atoms with E-state index in [9.17, 15) is 14.3 Å². The highest BCUT2D eigenvalue weighted by Crippen LogP contribution is 2.45. The van der Waals surface area contributed by atoms with Crippen LogP contribution >= 0.6 is 11.8 Å². The Morgan fingerprint density at radius 3 is 2.26 bits per heavy atom. The van der Waals surface area contributed by atoms with Gasteiger partial charge in [-0.05, 0) is 81.3 Å². The Morgan fingerprint density at radius 2 is 1.66 bits per heavy atom. The lowest BCUT2D eigenvalue weighted by atomic mass is 9.81. The number of aliphatic carboxylic acids is 1. The zero-order valence-electron chi connectivity index (χ0n) is 28.8. The third kappa shape index (κ3) is 9.27. The number of aryl methyl sites for hydroxylation is 1. The quantitative estimate of drug-likeness (QED) is 0.222. The topological polar surface area (TPSA) is 75.1 Å². The van der Waals surface area contributed by atoms with Gasteiger partial charge < -0.3 is 19.5 Å². The van der Waals surface area contributed by atoms with Gasteiger partial charge in [0.2, 0.25) is 0 Å². The number of thioether (sulfide) groups is 1. The van der Waals surface area contributed by atoms with Gasteiger partial charge in [-0.3, -0.25) is 9.88 Å². The smallest absolute Gasteiger partial charge is 0.337 e. The number of hydrogen-bond acceptors (Lipinski definition) is 7. The third-order valence-corrected chi connectivity index (χ3v) is 10.00. The van der Waals surface area contributed by atoms with Crippen molar-refractivity contribution in [3.63, 3.8) is 0 Å². The number of benzene rings is 2. The molecule has 7 nitrogen and oxygen atoms in total. The SMILES string of the molecule is Cc1nc(CN2CCSCC2)c(-c2ccc(OCCc3ccc(F)cc3)cc2)c(N2CCC(C)(C)CC2)c1C(OC(C)(C)C)C(=O)O. The second-order valence-corrected chi connectivity index (χ2v) is 15.7. The maximum absolute atomic E-state index is 13.3. The minimum absolute atomic E-state index is 0.216. The monoisotopic (exact) mass is 663 g/mol. The summed E-state index contributed by atoms with van der Waals surface area (Å²) in [7, 11) is 0. The molecule has 3 aromatic rings. The fourth-order valence-electron chi connectivity index (χ4n) is 6.37. The molecule has 0 aliphatic carbocycles. The molecule has 1 atom stereocenters. The molecule has 9 heteroatoms. The van der Waals surface area contributed by atoms with Gasteiger partial charge in [-0.2, -0.15) is 11.8 Å². The van der Waals surface area contributed by atoms with Gasteiger partial charge in [0.25, 0.3) is 0 Å². The van der Waals surface area contributed by atoms with Crippen LogP contribution < -0.4 is 9.64 Å². The summed E-state index contributed by atoms with van der Waals surface area (Å²) >= 11 is 1.98. The zero-order valence-corrected chi connectivity index (χ0v) is 29.6. The molecule has 1 N–H and O–H groups in total. The molecule has 0 saturated carbocycles. The maximum Gasteiger partial charge on any atom is 0.337 e. The van der Waals surface area contributed by atoms with Crippen molar-refractivity contribution in [2.24, 2.45) is 5.41 Å². The van der Waals surface area contributed by atoms with Gasteiger partial charge in [0, 0.05) is 67.5 Å². The molecule has 0 amide bonds. The molecule has 47 heavy (non-hydrogen) atoms. The van der Waals surface area contributed by atoms with Crippen LogP contribution in [0.1, 0.15) is 76.1 Å². The molecule has 1 unspecified atom stereocenters. The lowest BCUT2D eigenvalue weighted by molar-refractivity contribution is -0.160. The van der Waals surface area contributed by atoms with Crippen LogP contribution in [-0.2, 0) is 22.5 Å². The lowest BCUT2D eigenvalue weighted by Gasteiger charge is -2.41. The van der Waals surface area contributed by atoms with Crippen LogP contribution in [0.4, 0.5) is 10.1 Å². The number of pyridine rings is 1. The molecule has 2 fully saturated rings. The molecule has 0 radical (unpaired) electrons. The largest absolute Gasteiger partial charge is 0.493 e. The first kappa shape index (κ1) is 35.2. The molecule has 2 aliphatic rings. The van der Waals surface area contributed by atoms with Gasteiger partial charge in [0.05, 0.1) is 23.6 Å². The van der Waals surface area contributed by atoms with Crippen molar-refractivity contribution in [3.8, 4) is 16.9 Å². The third-order valence-electron chi connectivity index (χ3n) is 9.06. The average molecular weight is 664 g/mol. The zero-order chi connectivity index (χ0) is 33.8. The number of rotatable bonds is 11. The van der Waals surface area contributed by atoms with Crippen LogP contribution in [0.3, 0.4) is 0 Å². The Morgan fingerprint density at radius 1 is 1.02 bits per heavy atom. The number of carbonyl (C=O) groups is 1. The van der Waals surface area contributed by atoms with Crippen LogP contribution in [0.5, 0.6) is 5.75 Å². The maximum atomic E-state index is 13.3. The minimum Gasteiger partial charge on any atom is -0.493 e. The second-order valence-electron chi connectivity index (χ2n) is 14.5. The predicted octanol–water partition coefficient (Wildman–Crippen LogP) is 7.93. The van der Waals surface area contributed by atoms with Crippen LogP contribution in [0, 0.1) is 18.2 Å². The van der Waals surface area contributed by atoms with Crippen molar-refractivity contribution in [2.45, 2.75) is 79.1 Å². The number of ether oxygens (including phenoxy) is 2. The number of halogens is 1. The Labute approximate surface area is 283 Å². The van der Waals surface area contributed by atoms with E-state index in [2.05, 4.69) is 35.8 Å². The summed E-state index contributed by atoms with van der Waals surface area (Å²) in [5.74, 6) is 1.66. The summed E-state index contributed by atoms with van der Waals surface area (Å²) in [5, 5.41) is 10.6. The molecule has 254 valence electrons. The highest BCUT2D eigenvalue weighted by atomic mass is 32.2. The summed E-state index contributed by atoms with van der Waals surface area (Å²) in [4.78, 5) is 23.0. The Hall–Kier alpha value is -3.14. The van der Waals surface area contributed by atoms with E-state index in [4.69, 9.17) is 14.5 Å². The predicted molar refractivity (Wildman–Crippen MR) is 189 cm³/mol. The van der Waals surface area contributed by atoms with E-state index in [0.29, 0.717) is 30.8 Å². The average Bonchev–Trinajstić information content (AvgIpc) is 3.01. The van der Waals surface area contributed by atoms with E-state index in [1.54, 1.807) is 12.1 Å². The first-order valence-corrected chi connectivity index (χ1v) is 17.9. The highest BCUT2D eigenvalue weighted by Gasteiger charge is 2.37. The van der Waals surface area contributed by atoms with E-state index in [1.165, 1.54) is 12.1 Å². The van der Waals surface area contributed by atoms with Crippen molar-refractivity contribution < 1.29 is 23.8 Å². The van der Waals surface area contributed by atoms with Gasteiger partial charge in [0.1, 0.15) is 11.6 Å². The van der Waals surface area contributed by atoms with E-state index in [0.717, 1.165) is 84.3 Å². The summed E-state index contributed by atoms with van der Waals surface area (Å²) < 4.78 is 25.7. The minimum atomic E-state index is -1.17. The summed E-state index contributed by atoms with van der Waals surface area (Å²) in [6.07, 6.45) is 1.52. The molecule has 2 aromatic carbocycles. The van der Waals surface area contributed by atoms with E-state index in [-0.39, 0.29) is 11.2 Å². The van der Waals surface area contributed by atoms with Crippen LogP contribution in [-0.4, -0.2) is 70.9 Å². The van der Waals surface area contributed by atoms with Crippen LogP contribution in [0.2, 0.25) is 0 Å². The fraction of sp³-hybridized carbons (Fsp3) is 0.526. The van der Waals surface area contributed by atoms with E-state index >= 15 is 0 Å². The van der Waals surface area contributed by atoms with E-state index < -0.39 is 17.7 Å². The first-order valence-electron chi connectivity index (χ1n) is 16.8. The molecular formula is C38H50FN3O4S. The molecule has 0 bridgehead atoms. The van der Waals surface area contributed by atoms with E-state index in [1.807, 2.05) is 51.6 Å². The number of nitrogens with zero attached hydrogens (tertiary/aromatic N) is 3. The number of carboxylic acids is 1. The molecule has 5 rings (SSSR count). The number of anilines is 1. The van der Waals surface area contributed by atoms with Crippen LogP contribution in [0.25, 0.3) is 11.1 Å². The van der Waals surface area contributed by atoms with Gasteiger partial charge in [-0.15, -0.1) is 0 Å². The normalized spacial score (nSPS) is 17.8. The Bertz CT molecular complexity index is 1510. The van der Waals surface area contributed by atoms with Crippen molar-refractivity contribution in [1.29, 1.82) is 0 Å². The molecule has 1 aromatic heterocycles. The van der Waals surface area contributed by atoms with Crippen molar-refractivity contribution >= 4 is 23.4 Å². The molecular weight excluding hydrogens is 614 g/mol. The number of carboxylic acid groups (broad SMARTS) is 1. The molecule has 3 heterocycles. The summed E-state index contributed by atoms with van der Waals surface area (Å²) in [5.41, 5.74) is 5.74. The van der Waals surface area contributed by atoms with Crippen molar-refractivity contribution in [3.05, 3.63) is 76.9 Å². The van der Waals surface area contributed by atoms with Gasteiger partial charge in [0.15, 0.2) is 6.10 Å². The van der Waals surface area contributed by atoms with Gasteiger partial charge in [-0.1, -0.05) is 38.1 Å². The Kier molecular flexibility index (Phi) is 11.2. The lowest BCUT2D eigenvalue weighted by Crippen LogP contribution is -2.40. The standard InChI is InChI=1S/C38H50FN3O4S/c1-26-32(35(36(43)44)46-37(2,3)4)34(42-18-16-38(5,6)17-19-42)33(31(40-26)25-41-20-23-47-24-21-41)28-9-13-30(14-10-28)45-22-15-27-7-11-29(39)12-8-27/h7-14,35H,15-25H2,1-6H3,(H,43,44). The second kappa shape index (κ2) is 15.0. The van der Waals surface area contributed by atoms with Crippen LogP contribution in [0.15, 0.2) is 48.5 Å². The Balaban J connectivity index is 1.58. The van der Waals surface area contributed by atoms with Crippen molar-refractivity contribution in [1.82, 2.24) is 9.88 Å². The fourth-order valence-corrected chi connectivity index (χ4v) is 7.35.